The zero-order chi connectivity index (χ0) is 20.0. The Morgan fingerprint density at radius 2 is 1.67 bits per heavy atom. The minimum atomic E-state index is -3.70. The van der Waals surface area contributed by atoms with Crippen molar-refractivity contribution in [1.29, 1.82) is 0 Å². The zero-order valence-electron chi connectivity index (χ0n) is 16.3. The van der Waals surface area contributed by atoms with Crippen LogP contribution in [-0.4, -0.2) is 14.3 Å². The van der Waals surface area contributed by atoms with E-state index in [1.165, 1.54) is 0 Å². The van der Waals surface area contributed by atoms with E-state index < -0.39 is 10.0 Å². The molecule has 0 bridgehead atoms. The van der Waals surface area contributed by atoms with E-state index >= 15 is 0 Å². The number of fused-ring (bicyclic) bond motifs is 1. The summed E-state index contributed by atoms with van der Waals surface area (Å²) in [6.07, 6.45) is 0. The van der Waals surface area contributed by atoms with Crippen molar-refractivity contribution in [2.24, 2.45) is 5.92 Å². The van der Waals surface area contributed by atoms with Crippen LogP contribution in [0.25, 0.3) is 0 Å². The van der Waals surface area contributed by atoms with E-state index in [-0.39, 0.29) is 28.1 Å². The molecule has 0 radical (unpaired) electrons. The second-order valence-electron chi connectivity index (χ2n) is 8.39. The first-order valence-electron chi connectivity index (χ1n) is 9.07. The third kappa shape index (κ3) is 3.86. The van der Waals surface area contributed by atoms with Gasteiger partial charge in [-0.3, -0.25) is 9.52 Å². The monoisotopic (exact) mass is 386 g/mol. The van der Waals surface area contributed by atoms with Crippen molar-refractivity contribution >= 4 is 27.3 Å². The largest absolute Gasteiger partial charge is 0.325 e. The van der Waals surface area contributed by atoms with Crippen LogP contribution in [0.3, 0.4) is 0 Å². The Bertz CT molecular complexity index is 971. The molecule has 0 spiro atoms. The minimum absolute atomic E-state index is 0.0406. The Morgan fingerprint density at radius 1 is 1.04 bits per heavy atom. The van der Waals surface area contributed by atoms with Crippen molar-refractivity contribution < 1.29 is 13.2 Å². The summed E-state index contributed by atoms with van der Waals surface area (Å²) in [5.74, 6) is -0.184. The SMILES string of the molecule is CC(C)C1C(=O)Nc2ccc(NS(=O)(=O)c3ccc(C(C)(C)C)cc3)cc21. The predicted octanol–water partition coefficient (Wildman–Crippen LogP) is 4.48. The number of hydrogen-bond acceptors (Lipinski definition) is 3. The van der Waals surface area contributed by atoms with Crippen molar-refractivity contribution in [2.75, 3.05) is 10.0 Å². The molecule has 144 valence electrons. The fourth-order valence-corrected chi connectivity index (χ4v) is 4.41. The predicted molar refractivity (Wildman–Crippen MR) is 109 cm³/mol. The second-order valence-corrected chi connectivity index (χ2v) is 10.1. The van der Waals surface area contributed by atoms with Gasteiger partial charge in [-0.1, -0.05) is 46.8 Å². The number of nitrogens with one attached hydrogen (secondary N) is 2. The highest BCUT2D eigenvalue weighted by Crippen LogP contribution is 2.39. The van der Waals surface area contributed by atoms with Crippen LogP contribution in [0.5, 0.6) is 0 Å². The first-order valence-corrected chi connectivity index (χ1v) is 10.6. The van der Waals surface area contributed by atoms with Gasteiger partial charge in [0.25, 0.3) is 10.0 Å². The standard InChI is InChI=1S/C21H26N2O3S/c1-13(2)19-17-12-15(8-11-18(17)22-20(19)24)23-27(25,26)16-9-6-14(7-10-16)21(3,4)5/h6-13,19,23H,1-5H3,(H,22,24). The van der Waals surface area contributed by atoms with Gasteiger partial charge in [-0.2, -0.15) is 0 Å². The van der Waals surface area contributed by atoms with Gasteiger partial charge in [0.15, 0.2) is 0 Å². The third-order valence-electron chi connectivity index (χ3n) is 4.88. The van der Waals surface area contributed by atoms with Gasteiger partial charge in [-0.25, -0.2) is 8.42 Å². The molecule has 1 atom stereocenters. The van der Waals surface area contributed by atoms with Gasteiger partial charge in [-0.05, 0) is 52.8 Å². The lowest BCUT2D eigenvalue weighted by atomic mass is 9.87. The van der Waals surface area contributed by atoms with Crippen LogP contribution in [0.15, 0.2) is 47.4 Å². The molecule has 1 heterocycles. The highest BCUT2D eigenvalue weighted by atomic mass is 32.2. The molecule has 1 aliphatic rings. The van der Waals surface area contributed by atoms with Gasteiger partial charge in [0.1, 0.15) is 0 Å². The fourth-order valence-electron chi connectivity index (χ4n) is 3.36. The Morgan fingerprint density at radius 3 is 2.22 bits per heavy atom. The Kier molecular flexibility index (Phi) is 4.80. The summed E-state index contributed by atoms with van der Waals surface area (Å²) in [5.41, 5.74) is 3.06. The van der Waals surface area contributed by atoms with Crippen LogP contribution < -0.4 is 10.0 Å². The topological polar surface area (TPSA) is 75.3 Å². The van der Waals surface area contributed by atoms with Gasteiger partial charge < -0.3 is 5.32 Å². The minimum Gasteiger partial charge on any atom is -0.325 e. The molecule has 0 saturated heterocycles. The van der Waals surface area contributed by atoms with Gasteiger partial charge in [-0.15, -0.1) is 0 Å². The zero-order valence-corrected chi connectivity index (χ0v) is 17.1. The summed E-state index contributed by atoms with van der Waals surface area (Å²) in [7, 11) is -3.70. The van der Waals surface area contributed by atoms with E-state index in [1.807, 2.05) is 26.0 Å². The number of benzene rings is 2. The average Bonchev–Trinajstić information content (AvgIpc) is 2.89. The summed E-state index contributed by atoms with van der Waals surface area (Å²) in [6.45, 7) is 10.2. The molecule has 0 fully saturated rings. The van der Waals surface area contributed by atoms with Gasteiger partial charge >= 0.3 is 0 Å². The molecule has 1 amide bonds. The molecular formula is C21H26N2O3S. The maximum absolute atomic E-state index is 12.7. The maximum atomic E-state index is 12.7. The molecule has 1 aliphatic heterocycles. The third-order valence-corrected chi connectivity index (χ3v) is 6.27. The molecule has 2 aromatic rings. The van der Waals surface area contributed by atoms with Crippen LogP contribution in [0.4, 0.5) is 11.4 Å². The van der Waals surface area contributed by atoms with Crippen LogP contribution in [0, 0.1) is 5.92 Å². The lowest BCUT2D eigenvalue weighted by Gasteiger charge is -2.19. The molecule has 27 heavy (non-hydrogen) atoms. The second kappa shape index (κ2) is 6.68. The number of anilines is 2. The highest BCUT2D eigenvalue weighted by Gasteiger charge is 2.33. The summed E-state index contributed by atoms with van der Waals surface area (Å²) in [5, 5.41) is 2.85. The van der Waals surface area contributed by atoms with Crippen molar-refractivity contribution in [3.63, 3.8) is 0 Å². The van der Waals surface area contributed by atoms with Crippen LogP contribution >= 0.6 is 0 Å². The van der Waals surface area contributed by atoms with E-state index in [0.717, 1.165) is 16.8 Å². The van der Waals surface area contributed by atoms with Crippen LogP contribution in [0.2, 0.25) is 0 Å². The van der Waals surface area contributed by atoms with E-state index in [4.69, 9.17) is 0 Å². The number of rotatable bonds is 4. The number of sulfonamides is 1. The lowest BCUT2D eigenvalue weighted by molar-refractivity contribution is -0.117. The molecule has 3 rings (SSSR count). The lowest BCUT2D eigenvalue weighted by Crippen LogP contribution is -2.17. The molecule has 0 aromatic heterocycles. The van der Waals surface area contributed by atoms with E-state index in [1.54, 1.807) is 30.3 Å². The Balaban J connectivity index is 1.88. The van der Waals surface area contributed by atoms with Crippen molar-refractivity contribution in [3.8, 4) is 0 Å². The smallest absolute Gasteiger partial charge is 0.261 e. The normalized spacial score (nSPS) is 17.0. The van der Waals surface area contributed by atoms with E-state index in [9.17, 15) is 13.2 Å². The van der Waals surface area contributed by atoms with Crippen molar-refractivity contribution in [1.82, 2.24) is 0 Å². The summed E-state index contributed by atoms with van der Waals surface area (Å²) in [6, 6.07) is 12.1. The number of hydrogen-bond donors (Lipinski definition) is 2. The Labute approximate surface area is 161 Å². The average molecular weight is 387 g/mol. The molecule has 0 saturated carbocycles. The first-order chi connectivity index (χ1) is 12.5. The summed E-state index contributed by atoms with van der Waals surface area (Å²) < 4.78 is 28.1. The quantitative estimate of drug-likeness (QED) is 0.814. The van der Waals surface area contributed by atoms with Gasteiger partial charge in [0.2, 0.25) is 5.91 Å². The Hall–Kier alpha value is -2.34. The highest BCUT2D eigenvalue weighted by molar-refractivity contribution is 7.92. The molecule has 6 heteroatoms. The van der Waals surface area contributed by atoms with Crippen LogP contribution in [-0.2, 0) is 20.2 Å². The van der Waals surface area contributed by atoms with Crippen LogP contribution in [0.1, 0.15) is 51.7 Å². The molecule has 5 nitrogen and oxygen atoms in total. The van der Waals surface area contributed by atoms with Crippen molar-refractivity contribution in [2.45, 2.75) is 50.8 Å². The molecule has 0 aliphatic carbocycles. The number of carbonyl (C=O) groups is 1. The number of carbonyl (C=O) groups excluding carboxylic acids is 1. The first kappa shape index (κ1) is 19.4. The van der Waals surface area contributed by atoms with Crippen molar-refractivity contribution in [3.05, 3.63) is 53.6 Å². The molecule has 2 aromatic carbocycles. The van der Waals surface area contributed by atoms with Gasteiger partial charge in [0, 0.05) is 11.4 Å². The van der Waals surface area contributed by atoms with E-state index in [0.29, 0.717) is 5.69 Å². The number of amides is 1. The molecular weight excluding hydrogens is 360 g/mol. The fraction of sp³-hybridized carbons (Fsp3) is 0.381. The summed E-state index contributed by atoms with van der Waals surface area (Å²) >= 11 is 0. The summed E-state index contributed by atoms with van der Waals surface area (Å²) in [4.78, 5) is 12.4. The van der Waals surface area contributed by atoms with E-state index in [2.05, 4.69) is 30.8 Å². The van der Waals surface area contributed by atoms with Gasteiger partial charge in [0.05, 0.1) is 10.8 Å². The molecule has 1 unspecified atom stereocenters. The molecule has 2 N–H and O–H groups in total. The maximum Gasteiger partial charge on any atom is 0.261 e.